The molecule has 0 saturated heterocycles. The highest BCUT2D eigenvalue weighted by molar-refractivity contribution is 5.32. The van der Waals surface area contributed by atoms with Gasteiger partial charge >= 0.3 is 0 Å². The standard InChI is InChI=1S/C17H29NO4.CH2O2/c1-4-20-9-10-21-12-15-5-7-17(8-6-15)22-13-16(19)11-18-14(2)3;2-1-3/h5-8,14,16,18-19H,4,9-13H2,1-3H3;1H,(H,2,3). The Morgan fingerprint density at radius 1 is 1.16 bits per heavy atom. The van der Waals surface area contributed by atoms with Gasteiger partial charge in [0.15, 0.2) is 0 Å². The molecule has 7 heteroatoms. The van der Waals surface area contributed by atoms with Crippen LogP contribution in [0.15, 0.2) is 24.3 Å². The topological polar surface area (TPSA) is 97.3 Å². The summed E-state index contributed by atoms with van der Waals surface area (Å²) < 4.78 is 16.3. The number of aliphatic hydroxyl groups excluding tert-OH is 1. The zero-order chi connectivity index (χ0) is 18.9. The summed E-state index contributed by atoms with van der Waals surface area (Å²) in [6.07, 6.45) is -0.510. The normalized spacial score (nSPS) is 11.6. The van der Waals surface area contributed by atoms with Gasteiger partial charge in [0, 0.05) is 19.2 Å². The minimum Gasteiger partial charge on any atom is -0.491 e. The molecule has 0 aromatic heterocycles. The first kappa shape index (κ1) is 23.3. The van der Waals surface area contributed by atoms with E-state index in [1.807, 2.05) is 45.0 Å². The quantitative estimate of drug-likeness (QED) is 0.387. The van der Waals surface area contributed by atoms with Gasteiger partial charge in [-0.25, -0.2) is 0 Å². The van der Waals surface area contributed by atoms with Crippen molar-refractivity contribution in [2.75, 3.05) is 33.0 Å². The Bertz CT molecular complexity index is 424. The molecule has 144 valence electrons. The summed E-state index contributed by atoms with van der Waals surface area (Å²) in [6, 6.07) is 8.08. The molecule has 0 radical (unpaired) electrons. The Kier molecular flexibility index (Phi) is 14.8. The van der Waals surface area contributed by atoms with Gasteiger partial charge in [-0.1, -0.05) is 26.0 Å². The Morgan fingerprint density at radius 2 is 1.76 bits per heavy atom. The SMILES string of the molecule is CCOCCOCc1ccc(OCC(O)CNC(C)C)cc1.O=CO. The van der Waals surface area contributed by atoms with Crippen molar-refractivity contribution in [3.8, 4) is 5.75 Å². The van der Waals surface area contributed by atoms with Gasteiger partial charge in [-0.2, -0.15) is 0 Å². The average Bonchev–Trinajstić information content (AvgIpc) is 2.59. The van der Waals surface area contributed by atoms with Gasteiger partial charge < -0.3 is 29.7 Å². The molecule has 3 N–H and O–H groups in total. The lowest BCUT2D eigenvalue weighted by Crippen LogP contribution is -2.35. The second kappa shape index (κ2) is 15.8. The van der Waals surface area contributed by atoms with E-state index in [4.69, 9.17) is 24.1 Å². The third kappa shape index (κ3) is 14.4. The van der Waals surface area contributed by atoms with Crippen LogP contribution >= 0.6 is 0 Å². The number of carboxylic acid groups (broad SMARTS) is 1. The smallest absolute Gasteiger partial charge is 0.290 e. The second-order valence-corrected chi connectivity index (χ2v) is 5.53. The van der Waals surface area contributed by atoms with E-state index < -0.39 is 6.10 Å². The minimum atomic E-state index is -0.510. The average molecular weight is 357 g/mol. The third-order valence-electron chi connectivity index (χ3n) is 2.97. The van der Waals surface area contributed by atoms with E-state index in [1.54, 1.807) is 0 Å². The molecular weight excluding hydrogens is 326 g/mol. The van der Waals surface area contributed by atoms with Gasteiger partial charge in [-0.15, -0.1) is 0 Å². The van der Waals surface area contributed by atoms with E-state index in [2.05, 4.69) is 5.32 Å². The summed E-state index contributed by atoms with van der Waals surface area (Å²) in [4.78, 5) is 8.36. The van der Waals surface area contributed by atoms with Gasteiger partial charge in [0.25, 0.3) is 6.47 Å². The number of hydrogen-bond donors (Lipinski definition) is 3. The number of benzene rings is 1. The van der Waals surface area contributed by atoms with Crippen molar-refractivity contribution in [1.29, 1.82) is 0 Å². The molecule has 0 fully saturated rings. The van der Waals surface area contributed by atoms with Crippen LogP contribution in [-0.2, 0) is 20.9 Å². The predicted octanol–water partition coefficient (Wildman–Crippen LogP) is 1.68. The highest BCUT2D eigenvalue weighted by Gasteiger charge is 2.06. The molecule has 25 heavy (non-hydrogen) atoms. The summed E-state index contributed by atoms with van der Waals surface area (Å²) in [5, 5.41) is 19.8. The fourth-order valence-electron chi connectivity index (χ4n) is 1.76. The molecule has 1 aromatic rings. The van der Waals surface area contributed by atoms with Gasteiger partial charge in [0.2, 0.25) is 0 Å². The molecule has 0 aliphatic rings. The maximum atomic E-state index is 9.78. The van der Waals surface area contributed by atoms with Crippen molar-refractivity contribution in [1.82, 2.24) is 5.32 Å². The van der Waals surface area contributed by atoms with Crippen LogP contribution in [0.5, 0.6) is 5.75 Å². The van der Waals surface area contributed by atoms with E-state index in [9.17, 15) is 5.11 Å². The fourth-order valence-corrected chi connectivity index (χ4v) is 1.76. The number of nitrogens with one attached hydrogen (secondary N) is 1. The Hall–Kier alpha value is -1.67. The van der Waals surface area contributed by atoms with Crippen LogP contribution in [0.1, 0.15) is 26.3 Å². The summed E-state index contributed by atoms with van der Waals surface area (Å²) in [7, 11) is 0. The molecular formula is C18H31NO6. The summed E-state index contributed by atoms with van der Waals surface area (Å²) in [6.45, 7) is 9.12. The molecule has 1 aromatic carbocycles. The zero-order valence-corrected chi connectivity index (χ0v) is 15.3. The van der Waals surface area contributed by atoms with Crippen LogP contribution in [0.25, 0.3) is 0 Å². The highest BCUT2D eigenvalue weighted by atomic mass is 16.5. The number of ether oxygens (including phenoxy) is 3. The van der Waals surface area contributed by atoms with E-state index >= 15 is 0 Å². The van der Waals surface area contributed by atoms with Crippen molar-refractivity contribution < 1.29 is 29.2 Å². The molecule has 0 aliphatic carbocycles. The zero-order valence-electron chi connectivity index (χ0n) is 15.3. The summed E-state index contributed by atoms with van der Waals surface area (Å²) >= 11 is 0. The van der Waals surface area contributed by atoms with Crippen LogP contribution in [-0.4, -0.2) is 61.8 Å². The number of aliphatic hydroxyl groups is 1. The minimum absolute atomic E-state index is 0.250. The lowest BCUT2D eigenvalue weighted by atomic mass is 10.2. The second-order valence-electron chi connectivity index (χ2n) is 5.53. The maximum Gasteiger partial charge on any atom is 0.290 e. The summed E-state index contributed by atoms with van der Waals surface area (Å²) in [5.74, 6) is 0.752. The van der Waals surface area contributed by atoms with Crippen LogP contribution < -0.4 is 10.1 Å². The molecule has 0 heterocycles. The molecule has 1 atom stereocenters. The van der Waals surface area contributed by atoms with E-state index in [0.717, 1.165) is 11.3 Å². The Balaban J connectivity index is 0.00000178. The highest BCUT2D eigenvalue weighted by Crippen LogP contribution is 2.13. The molecule has 0 amide bonds. The van der Waals surface area contributed by atoms with Gasteiger partial charge in [0.1, 0.15) is 18.5 Å². The van der Waals surface area contributed by atoms with Crippen molar-refractivity contribution in [3.63, 3.8) is 0 Å². The Labute approximate surface area is 149 Å². The summed E-state index contributed by atoms with van der Waals surface area (Å²) in [5.41, 5.74) is 1.09. The van der Waals surface area contributed by atoms with E-state index in [0.29, 0.717) is 39.0 Å². The molecule has 1 rings (SSSR count). The largest absolute Gasteiger partial charge is 0.491 e. The lowest BCUT2D eigenvalue weighted by molar-refractivity contribution is -0.122. The van der Waals surface area contributed by atoms with Crippen LogP contribution in [0.3, 0.4) is 0 Å². The molecule has 0 saturated carbocycles. The number of hydrogen-bond acceptors (Lipinski definition) is 6. The number of rotatable bonds is 12. The first-order valence-electron chi connectivity index (χ1n) is 8.40. The van der Waals surface area contributed by atoms with E-state index in [-0.39, 0.29) is 13.1 Å². The predicted molar refractivity (Wildman–Crippen MR) is 95.9 cm³/mol. The molecule has 7 nitrogen and oxygen atoms in total. The maximum absolute atomic E-state index is 9.78. The van der Waals surface area contributed by atoms with Crippen LogP contribution in [0.4, 0.5) is 0 Å². The molecule has 0 bridgehead atoms. The lowest BCUT2D eigenvalue weighted by Gasteiger charge is -2.15. The van der Waals surface area contributed by atoms with Gasteiger partial charge in [-0.05, 0) is 24.6 Å². The molecule has 0 aliphatic heterocycles. The third-order valence-corrected chi connectivity index (χ3v) is 2.97. The van der Waals surface area contributed by atoms with Crippen molar-refractivity contribution >= 4 is 6.47 Å². The van der Waals surface area contributed by atoms with Gasteiger partial charge in [0.05, 0.1) is 19.8 Å². The first-order valence-corrected chi connectivity index (χ1v) is 8.40. The molecule has 1 unspecified atom stereocenters. The first-order chi connectivity index (χ1) is 12.0. The van der Waals surface area contributed by atoms with Crippen LogP contribution in [0, 0.1) is 0 Å². The van der Waals surface area contributed by atoms with Crippen molar-refractivity contribution in [2.45, 2.75) is 39.5 Å². The fraction of sp³-hybridized carbons (Fsp3) is 0.611. The monoisotopic (exact) mass is 357 g/mol. The van der Waals surface area contributed by atoms with Crippen LogP contribution in [0.2, 0.25) is 0 Å². The van der Waals surface area contributed by atoms with Crippen molar-refractivity contribution in [3.05, 3.63) is 29.8 Å². The molecule has 0 spiro atoms. The number of carbonyl (C=O) groups is 1. The Morgan fingerprint density at radius 3 is 2.32 bits per heavy atom. The van der Waals surface area contributed by atoms with Gasteiger partial charge in [-0.3, -0.25) is 4.79 Å². The van der Waals surface area contributed by atoms with Crippen molar-refractivity contribution in [2.24, 2.45) is 0 Å². The van der Waals surface area contributed by atoms with E-state index in [1.165, 1.54) is 0 Å².